The molecule has 4 rings (SSSR count). The van der Waals surface area contributed by atoms with Crippen molar-refractivity contribution in [3.63, 3.8) is 0 Å². The highest BCUT2D eigenvalue weighted by Gasteiger charge is 2.20. The number of methoxy groups -OCH3 is 1. The zero-order valence-corrected chi connectivity index (χ0v) is 18.8. The Kier molecular flexibility index (Phi) is 5.97. The van der Waals surface area contributed by atoms with Gasteiger partial charge in [0.15, 0.2) is 5.69 Å². The largest absolute Gasteiger partial charge is 0.497 e. The minimum Gasteiger partial charge on any atom is -0.497 e. The Morgan fingerprint density at radius 3 is 2.53 bits per heavy atom. The highest BCUT2D eigenvalue weighted by atomic mass is 35.5. The maximum atomic E-state index is 13.1. The van der Waals surface area contributed by atoms with Gasteiger partial charge in [-0.2, -0.15) is 5.10 Å². The molecule has 0 aliphatic heterocycles. The second kappa shape index (κ2) is 8.85. The van der Waals surface area contributed by atoms with E-state index in [1.807, 2.05) is 48.5 Å². The van der Waals surface area contributed by atoms with Gasteiger partial charge in [0.1, 0.15) is 5.75 Å². The van der Waals surface area contributed by atoms with Gasteiger partial charge in [0, 0.05) is 25.4 Å². The van der Waals surface area contributed by atoms with Gasteiger partial charge in [0.05, 0.1) is 17.8 Å². The molecule has 32 heavy (non-hydrogen) atoms. The van der Waals surface area contributed by atoms with Crippen molar-refractivity contribution in [3.8, 4) is 11.4 Å². The number of hydrogen-bond acceptors (Lipinski definition) is 4. The van der Waals surface area contributed by atoms with E-state index in [0.717, 1.165) is 22.1 Å². The van der Waals surface area contributed by atoms with E-state index in [1.165, 1.54) is 15.6 Å². The third-order valence-electron chi connectivity index (χ3n) is 5.27. The van der Waals surface area contributed by atoms with Crippen LogP contribution in [0.2, 0.25) is 5.02 Å². The quantitative estimate of drug-likeness (QED) is 0.447. The third-order valence-corrected chi connectivity index (χ3v) is 5.59. The van der Waals surface area contributed by atoms with Gasteiger partial charge in [-0.05, 0) is 53.6 Å². The first kappa shape index (κ1) is 21.6. The molecular weight excluding hydrogens is 426 g/mol. The Balaban J connectivity index is 1.63. The molecule has 162 valence electrons. The molecule has 0 saturated carbocycles. The van der Waals surface area contributed by atoms with E-state index in [4.69, 9.17) is 16.3 Å². The van der Waals surface area contributed by atoms with Gasteiger partial charge in [-0.25, -0.2) is 4.68 Å². The summed E-state index contributed by atoms with van der Waals surface area (Å²) in [5.41, 5.74) is 1.56. The first-order valence-corrected chi connectivity index (χ1v) is 10.4. The van der Waals surface area contributed by atoms with Crippen LogP contribution in [0.4, 0.5) is 0 Å². The van der Waals surface area contributed by atoms with Gasteiger partial charge >= 0.3 is 0 Å². The van der Waals surface area contributed by atoms with Crippen LogP contribution in [0.3, 0.4) is 0 Å². The molecule has 6 nitrogen and oxygen atoms in total. The Morgan fingerprint density at radius 1 is 1.06 bits per heavy atom. The van der Waals surface area contributed by atoms with Crippen molar-refractivity contribution >= 4 is 28.3 Å². The summed E-state index contributed by atoms with van der Waals surface area (Å²) in [4.78, 5) is 27.2. The van der Waals surface area contributed by atoms with Crippen molar-refractivity contribution in [2.24, 2.45) is 0 Å². The van der Waals surface area contributed by atoms with E-state index >= 15 is 0 Å². The number of carbonyl (C=O) groups excluding carboxylic acids is 1. The zero-order chi connectivity index (χ0) is 22.8. The van der Waals surface area contributed by atoms with E-state index in [1.54, 1.807) is 33.2 Å². The number of carbonyl (C=O) groups is 1. The minimum atomic E-state index is -0.453. The summed E-state index contributed by atoms with van der Waals surface area (Å²) >= 11 is 6.30. The maximum Gasteiger partial charge on any atom is 0.278 e. The van der Waals surface area contributed by atoms with Crippen LogP contribution in [-0.4, -0.2) is 34.7 Å². The molecule has 0 radical (unpaired) electrons. The Morgan fingerprint density at radius 2 is 1.78 bits per heavy atom. The Labute approximate surface area is 190 Å². The summed E-state index contributed by atoms with van der Waals surface area (Å²) in [5.74, 6) is 0.337. The summed E-state index contributed by atoms with van der Waals surface area (Å²) in [5, 5.41) is 6.91. The molecule has 0 aliphatic rings. The fourth-order valence-electron chi connectivity index (χ4n) is 3.59. The summed E-state index contributed by atoms with van der Waals surface area (Å²) in [6, 6.07) is 20.3. The van der Waals surface area contributed by atoms with Crippen LogP contribution in [0.25, 0.3) is 16.5 Å². The number of hydrogen-bond donors (Lipinski definition) is 0. The highest BCUT2D eigenvalue weighted by molar-refractivity contribution is 6.32. The molecule has 0 aliphatic carbocycles. The van der Waals surface area contributed by atoms with Gasteiger partial charge < -0.3 is 9.64 Å². The van der Waals surface area contributed by atoms with Crippen molar-refractivity contribution in [1.82, 2.24) is 14.7 Å². The van der Waals surface area contributed by atoms with Crippen LogP contribution >= 0.6 is 11.6 Å². The summed E-state index contributed by atoms with van der Waals surface area (Å²) < 4.78 is 6.79. The number of nitrogens with zero attached hydrogens (tertiary/aromatic N) is 3. The topological polar surface area (TPSA) is 64.4 Å². The summed E-state index contributed by atoms with van der Waals surface area (Å²) in [6.07, 6.45) is 0. The standard InChI is InChI=1S/C25H22ClN3O3/c1-16-12-23(30)24(27-29(16)22-7-5-4-6-21(22)26)25(31)28(2)15-17-8-9-19-14-20(32-3)11-10-18(19)13-17/h4-14H,15H2,1-3H3. The summed E-state index contributed by atoms with van der Waals surface area (Å²) in [6.45, 7) is 2.08. The van der Waals surface area contributed by atoms with Crippen molar-refractivity contribution in [2.75, 3.05) is 14.2 Å². The molecule has 1 amide bonds. The molecule has 0 spiro atoms. The lowest BCUT2D eigenvalue weighted by Crippen LogP contribution is -2.33. The van der Waals surface area contributed by atoms with Crippen molar-refractivity contribution < 1.29 is 9.53 Å². The van der Waals surface area contributed by atoms with Crippen LogP contribution in [0, 0.1) is 6.92 Å². The smallest absolute Gasteiger partial charge is 0.278 e. The van der Waals surface area contributed by atoms with Gasteiger partial charge in [-0.3, -0.25) is 9.59 Å². The van der Waals surface area contributed by atoms with Crippen LogP contribution in [-0.2, 0) is 6.54 Å². The number of fused-ring (bicyclic) bond motifs is 1. The average Bonchev–Trinajstić information content (AvgIpc) is 2.79. The SMILES string of the molecule is COc1ccc2cc(CN(C)C(=O)c3nn(-c4ccccc4Cl)c(C)cc3=O)ccc2c1. The molecule has 0 unspecified atom stereocenters. The monoisotopic (exact) mass is 447 g/mol. The molecule has 0 N–H and O–H groups in total. The molecule has 0 saturated heterocycles. The first-order valence-electron chi connectivity index (χ1n) is 10.1. The minimum absolute atomic E-state index is 0.149. The van der Waals surface area contributed by atoms with Crippen LogP contribution in [0.15, 0.2) is 71.5 Å². The Bertz CT molecular complexity index is 1380. The van der Waals surface area contributed by atoms with E-state index in [2.05, 4.69) is 5.10 Å². The predicted molar refractivity (Wildman–Crippen MR) is 126 cm³/mol. The molecule has 0 atom stereocenters. The fraction of sp³-hybridized carbons (Fsp3) is 0.160. The van der Waals surface area contributed by atoms with Crippen LogP contribution in [0.5, 0.6) is 5.75 Å². The first-order chi connectivity index (χ1) is 15.4. The number of halogens is 1. The lowest BCUT2D eigenvalue weighted by atomic mass is 10.1. The number of para-hydroxylation sites is 1. The number of aromatic nitrogens is 2. The van der Waals surface area contributed by atoms with E-state index in [0.29, 0.717) is 22.9 Å². The van der Waals surface area contributed by atoms with Crippen LogP contribution < -0.4 is 10.2 Å². The summed E-state index contributed by atoms with van der Waals surface area (Å²) in [7, 11) is 3.29. The lowest BCUT2D eigenvalue weighted by Gasteiger charge is -2.18. The van der Waals surface area contributed by atoms with Crippen molar-refractivity contribution in [1.29, 1.82) is 0 Å². The van der Waals surface area contributed by atoms with Crippen LogP contribution in [0.1, 0.15) is 21.7 Å². The number of rotatable bonds is 5. The van der Waals surface area contributed by atoms with E-state index < -0.39 is 11.3 Å². The second-order valence-corrected chi connectivity index (χ2v) is 7.98. The molecule has 1 heterocycles. The zero-order valence-electron chi connectivity index (χ0n) is 18.0. The second-order valence-electron chi connectivity index (χ2n) is 7.57. The normalized spacial score (nSPS) is 10.9. The van der Waals surface area contributed by atoms with Crippen molar-refractivity contribution in [3.05, 3.63) is 98.9 Å². The molecular formula is C25H22ClN3O3. The molecule has 7 heteroatoms. The van der Waals surface area contributed by atoms with Gasteiger partial charge in [-0.1, -0.05) is 41.9 Å². The maximum absolute atomic E-state index is 13.1. The molecule has 0 fully saturated rings. The molecule has 1 aromatic heterocycles. The molecule has 4 aromatic rings. The predicted octanol–water partition coefficient (Wildman–Crippen LogP) is 4.63. The average molecular weight is 448 g/mol. The fourth-order valence-corrected chi connectivity index (χ4v) is 3.80. The Hall–Kier alpha value is -3.64. The lowest BCUT2D eigenvalue weighted by molar-refractivity contribution is 0.0776. The number of amides is 1. The van der Waals surface area contributed by atoms with Gasteiger partial charge in [0.25, 0.3) is 5.91 Å². The van der Waals surface area contributed by atoms with Gasteiger partial charge in [0.2, 0.25) is 5.43 Å². The number of aryl methyl sites for hydroxylation is 1. The third kappa shape index (κ3) is 4.22. The van der Waals surface area contributed by atoms with E-state index in [-0.39, 0.29) is 5.69 Å². The van der Waals surface area contributed by atoms with Crippen molar-refractivity contribution in [2.45, 2.75) is 13.5 Å². The molecule has 0 bridgehead atoms. The highest BCUT2D eigenvalue weighted by Crippen LogP contribution is 2.23. The van der Waals surface area contributed by atoms with E-state index in [9.17, 15) is 9.59 Å². The number of ether oxygens (including phenoxy) is 1. The number of benzene rings is 3. The molecule has 3 aromatic carbocycles. The van der Waals surface area contributed by atoms with Gasteiger partial charge in [-0.15, -0.1) is 0 Å².